The molecule has 3 heteroatoms. The third kappa shape index (κ3) is 1.42. The second-order valence-corrected chi connectivity index (χ2v) is 3.96. The van der Waals surface area contributed by atoms with Gasteiger partial charge in [0.05, 0.1) is 0 Å². The van der Waals surface area contributed by atoms with Crippen molar-refractivity contribution in [3.8, 4) is 0 Å². The summed E-state index contributed by atoms with van der Waals surface area (Å²) >= 11 is -2.07. The summed E-state index contributed by atoms with van der Waals surface area (Å²) in [6.45, 7) is 0. The van der Waals surface area contributed by atoms with Crippen LogP contribution in [0.2, 0.25) is 0 Å². The zero-order valence-corrected chi connectivity index (χ0v) is 7.34. The van der Waals surface area contributed by atoms with E-state index in [9.17, 15) is 8.76 Å². The van der Waals surface area contributed by atoms with Gasteiger partial charge < -0.3 is 4.55 Å². The Labute approximate surface area is 73.9 Å². The maximum absolute atomic E-state index is 10.8. The Morgan fingerprint density at radius 2 is 2.00 bits per heavy atom. The van der Waals surface area contributed by atoms with E-state index in [1.807, 2.05) is 12.1 Å². The molecule has 0 bridgehead atoms. The van der Waals surface area contributed by atoms with Crippen molar-refractivity contribution in [1.82, 2.24) is 0 Å². The molecule has 1 saturated carbocycles. The van der Waals surface area contributed by atoms with Crippen LogP contribution < -0.4 is 0 Å². The van der Waals surface area contributed by atoms with Gasteiger partial charge in [-0.25, -0.2) is 0 Å². The third-order valence-corrected chi connectivity index (χ3v) is 2.85. The molecular formula is C9H9O2S-. The molecule has 0 N–H and O–H groups in total. The molecule has 1 fully saturated rings. The first-order valence-corrected chi connectivity index (χ1v) is 5.04. The fraction of sp³-hybridized carbons (Fsp3) is 0.333. The van der Waals surface area contributed by atoms with Crippen LogP contribution in [-0.4, -0.2) is 8.76 Å². The fourth-order valence-electron chi connectivity index (χ4n) is 1.36. The average molecular weight is 181 g/mol. The van der Waals surface area contributed by atoms with Gasteiger partial charge in [-0.1, -0.05) is 18.2 Å². The van der Waals surface area contributed by atoms with Crippen LogP contribution in [0, 0.1) is 0 Å². The van der Waals surface area contributed by atoms with Crippen molar-refractivity contribution in [3.63, 3.8) is 0 Å². The Morgan fingerprint density at radius 1 is 1.33 bits per heavy atom. The van der Waals surface area contributed by atoms with E-state index >= 15 is 0 Å². The molecule has 0 aliphatic heterocycles. The van der Waals surface area contributed by atoms with E-state index in [1.54, 1.807) is 12.1 Å². The first-order chi connectivity index (χ1) is 5.79. The Hall–Kier alpha value is -0.670. The molecule has 64 valence electrons. The minimum atomic E-state index is -2.07. The third-order valence-electron chi connectivity index (χ3n) is 2.12. The summed E-state index contributed by atoms with van der Waals surface area (Å²) in [5, 5.41) is 0. The minimum absolute atomic E-state index is 0.472. The molecule has 12 heavy (non-hydrogen) atoms. The maximum Gasteiger partial charge on any atom is 0.0283 e. The first kappa shape index (κ1) is 7.95. The Balaban J connectivity index is 2.43. The van der Waals surface area contributed by atoms with Crippen LogP contribution in [0.1, 0.15) is 24.3 Å². The molecule has 0 radical (unpaired) electrons. The van der Waals surface area contributed by atoms with Gasteiger partial charge in [-0.2, -0.15) is 0 Å². The molecule has 2 rings (SSSR count). The highest BCUT2D eigenvalue weighted by molar-refractivity contribution is 7.79. The van der Waals surface area contributed by atoms with E-state index in [4.69, 9.17) is 0 Å². The van der Waals surface area contributed by atoms with Crippen molar-refractivity contribution in [2.75, 3.05) is 0 Å². The Kier molecular flexibility index (Phi) is 1.98. The number of hydrogen-bond acceptors (Lipinski definition) is 2. The SMILES string of the molecule is O=S([O-])c1ccccc1C1CC1. The van der Waals surface area contributed by atoms with E-state index < -0.39 is 11.1 Å². The normalized spacial score (nSPS) is 19.1. The standard InChI is InChI=1S/C9H10O2S/c10-12(11)9-4-2-1-3-8(9)7-5-6-7/h1-4,7H,5-6H2,(H,10,11)/p-1. The van der Waals surface area contributed by atoms with E-state index in [0.717, 1.165) is 18.4 Å². The summed E-state index contributed by atoms with van der Waals surface area (Å²) in [4.78, 5) is 0.472. The van der Waals surface area contributed by atoms with Crippen molar-refractivity contribution >= 4 is 11.1 Å². The van der Waals surface area contributed by atoms with Crippen LogP contribution in [0.3, 0.4) is 0 Å². The highest BCUT2D eigenvalue weighted by Gasteiger charge is 2.25. The van der Waals surface area contributed by atoms with Gasteiger partial charge in [-0.15, -0.1) is 0 Å². The van der Waals surface area contributed by atoms with Gasteiger partial charge in [0.15, 0.2) is 0 Å². The van der Waals surface area contributed by atoms with Crippen molar-refractivity contribution in [2.45, 2.75) is 23.7 Å². The zero-order chi connectivity index (χ0) is 8.55. The van der Waals surface area contributed by atoms with Gasteiger partial charge in [0.1, 0.15) is 0 Å². The molecule has 1 atom stereocenters. The molecule has 0 amide bonds. The topological polar surface area (TPSA) is 40.1 Å². The van der Waals surface area contributed by atoms with Crippen LogP contribution >= 0.6 is 0 Å². The monoisotopic (exact) mass is 181 g/mol. The summed E-state index contributed by atoms with van der Waals surface area (Å²) in [5.41, 5.74) is 0.992. The minimum Gasteiger partial charge on any atom is -0.768 e. The van der Waals surface area contributed by atoms with Crippen LogP contribution in [-0.2, 0) is 11.1 Å². The van der Waals surface area contributed by atoms with E-state index in [2.05, 4.69) is 0 Å². The van der Waals surface area contributed by atoms with Crippen molar-refractivity contribution in [3.05, 3.63) is 29.8 Å². The molecule has 0 saturated heterocycles. The summed E-state index contributed by atoms with van der Waals surface area (Å²) in [6, 6.07) is 7.22. The number of rotatable bonds is 2. The average Bonchev–Trinajstić information content (AvgIpc) is 2.87. The maximum atomic E-state index is 10.8. The second-order valence-electron chi connectivity index (χ2n) is 3.05. The van der Waals surface area contributed by atoms with Gasteiger partial charge in [-0.3, -0.25) is 4.21 Å². The summed E-state index contributed by atoms with van der Waals surface area (Å²) < 4.78 is 21.5. The molecule has 1 aliphatic carbocycles. The lowest BCUT2D eigenvalue weighted by Crippen LogP contribution is -1.94. The van der Waals surface area contributed by atoms with Crippen molar-refractivity contribution in [1.29, 1.82) is 0 Å². The Morgan fingerprint density at radius 3 is 2.58 bits per heavy atom. The first-order valence-electron chi connectivity index (χ1n) is 3.97. The van der Waals surface area contributed by atoms with E-state index in [0.29, 0.717) is 10.8 Å². The van der Waals surface area contributed by atoms with E-state index in [1.165, 1.54) is 0 Å². The summed E-state index contributed by atoms with van der Waals surface area (Å²) in [7, 11) is 0. The van der Waals surface area contributed by atoms with Gasteiger partial charge >= 0.3 is 0 Å². The molecule has 0 spiro atoms. The lowest BCUT2D eigenvalue weighted by atomic mass is 10.1. The lowest BCUT2D eigenvalue weighted by molar-refractivity contribution is 0.536. The molecule has 1 unspecified atom stereocenters. The van der Waals surface area contributed by atoms with Gasteiger partial charge in [0.2, 0.25) is 0 Å². The fourth-order valence-corrected chi connectivity index (χ4v) is 1.98. The highest BCUT2D eigenvalue weighted by atomic mass is 32.2. The van der Waals surface area contributed by atoms with Crippen LogP contribution in [0.15, 0.2) is 29.2 Å². The largest absolute Gasteiger partial charge is 0.768 e. The highest BCUT2D eigenvalue weighted by Crippen LogP contribution is 2.42. The number of benzene rings is 1. The molecular weight excluding hydrogens is 172 g/mol. The molecule has 0 heterocycles. The number of hydrogen-bond donors (Lipinski definition) is 0. The predicted molar refractivity (Wildman–Crippen MR) is 45.6 cm³/mol. The van der Waals surface area contributed by atoms with Crippen LogP contribution in [0.25, 0.3) is 0 Å². The van der Waals surface area contributed by atoms with Gasteiger partial charge in [-0.05, 0) is 41.5 Å². The Bertz CT molecular complexity index is 318. The molecule has 1 aromatic rings. The molecule has 1 aromatic carbocycles. The smallest absolute Gasteiger partial charge is 0.0283 e. The van der Waals surface area contributed by atoms with Crippen molar-refractivity contribution in [2.24, 2.45) is 0 Å². The predicted octanol–water partition coefficient (Wildman–Crippen LogP) is 1.80. The molecule has 2 nitrogen and oxygen atoms in total. The second kappa shape index (κ2) is 2.99. The molecule has 0 aromatic heterocycles. The zero-order valence-electron chi connectivity index (χ0n) is 6.53. The molecule has 1 aliphatic rings. The van der Waals surface area contributed by atoms with E-state index in [-0.39, 0.29) is 0 Å². The summed E-state index contributed by atoms with van der Waals surface area (Å²) in [5.74, 6) is 0.499. The quantitative estimate of drug-likeness (QED) is 0.653. The van der Waals surface area contributed by atoms with Crippen molar-refractivity contribution < 1.29 is 8.76 Å². The van der Waals surface area contributed by atoms with Gasteiger partial charge in [0.25, 0.3) is 0 Å². The van der Waals surface area contributed by atoms with Crippen LogP contribution in [0.4, 0.5) is 0 Å². The lowest BCUT2D eigenvalue weighted by Gasteiger charge is -2.09. The summed E-state index contributed by atoms with van der Waals surface area (Å²) in [6.07, 6.45) is 2.27. The van der Waals surface area contributed by atoms with Gasteiger partial charge in [0, 0.05) is 4.90 Å². The van der Waals surface area contributed by atoms with Crippen LogP contribution in [0.5, 0.6) is 0 Å².